The number of allylic oxidation sites excluding steroid dienone is 2. The molecule has 1 aliphatic heterocycles. The van der Waals surface area contributed by atoms with Gasteiger partial charge in [-0.3, -0.25) is 14.8 Å². The molecule has 3 aromatic carbocycles. The monoisotopic (exact) mass is 491 g/mol. The normalized spacial score (nSPS) is 20.6. The van der Waals surface area contributed by atoms with Crippen molar-refractivity contribution in [3.8, 4) is 5.75 Å². The molecular weight excluding hydrogens is 466 g/mol. The summed E-state index contributed by atoms with van der Waals surface area (Å²) in [6.45, 7) is 3.83. The topological polar surface area (TPSA) is 122 Å². The minimum absolute atomic E-state index is 0.0148. The number of aromatic hydroxyl groups is 1. The molecule has 0 aromatic heterocycles. The van der Waals surface area contributed by atoms with Crippen LogP contribution in [0.15, 0.2) is 71.6 Å². The van der Waals surface area contributed by atoms with E-state index >= 15 is 0 Å². The number of benzene rings is 3. The van der Waals surface area contributed by atoms with E-state index in [9.17, 15) is 23.6 Å². The van der Waals surface area contributed by atoms with Crippen molar-refractivity contribution < 1.29 is 18.4 Å². The van der Waals surface area contributed by atoms with Crippen LogP contribution < -0.4 is 10.0 Å². The summed E-state index contributed by atoms with van der Waals surface area (Å²) in [5, 5.41) is 25.2. The van der Waals surface area contributed by atoms with Crippen molar-refractivity contribution in [2.24, 2.45) is 5.92 Å². The number of sulfonamides is 1. The summed E-state index contributed by atoms with van der Waals surface area (Å²) in [7, 11) is -3.81. The summed E-state index contributed by atoms with van der Waals surface area (Å²) in [4.78, 5) is 11.0. The molecule has 3 atom stereocenters. The molecular formula is C26H25N3O5S. The van der Waals surface area contributed by atoms with Gasteiger partial charge in [0.1, 0.15) is 5.75 Å². The number of aryl methyl sites for hydroxylation is 2. The van der Waals surface area contributed by atoms with E-state index in [1.54, 1.807) is 30.3 Å². The Hall–Kier alpha value is -3.85. The SMILES string of the molecule is Cc1cc(C)cc(NS(=O)(=O)c2ccc3c(c2)C2C=CCC2C(c2cc([N+](=O)[O-])ccc2O)N3)c1. The van der Waals surface area contributed by atoms with Crippen molar-refractivity contribution >= 4 is 27.1 Å². The van der Waals surface area contributed by atoms with Gasteiger partial charge in [-0.05, 0) is 79.3 Å². The Morgan fingerprint density at radius 2 is 1.77 bits per heavy atom. The second-order valence-electron chi connectivity index (χ2n) is 9.21. The number of hydrogen-bond acceptors (Lipinski definition) is 6. The van der Waals surface area contributed by atoms with Crippen LogP contribution in [0.1, 0.15) is 40.6 Å². The summed E-state index contributed by atoms with van der Waals surface area (Å²) in [5.41, 5.74) is 4.38. The molecule has 5 rings (SSSR count). The van der Waals surface area contributed by atoms with E-state index in [2.05, 4.69) is 10.0 Å². The van der Waals surface area contributed by atoms with Crippen LogP contribution in [-0.2, 0) is 10.0 Å². The number of nitrogens with one attached hydrogen (secondary N) is 2. The van der Waals surface area contributed by atoms with Gasteiger partial charge in [0.05, 0.1) is 15.9 Å². The molecule has 0 fully saturated rings. The first-order valence-corrected chi connectivity index (χ1v) is 12.8. The molecule has 1 heterocycles. The number of anilines is 2. The predicted molar refractivity (Wildman–Crippen MR) is 134 cm³/mol. The molecule has 0 spiro atoms. The van der Waals surface area contributed by atoms with E-state index in [0.717, 1.165) is 22.4 Å². The number of phenols is 1. The zero-order chi connectivity index (χ0) is 24.9. The van der Waals surface area contributed by atoms with Crippen LogP contribution in [0.5, 0.6) is 5.75 Å². The molecule has 0 bridgehead atoms. The molecule has 0 saturated carbocycles. The van der Waals surface area contributed by atoms with E-state index in [1.807, 2.05) is 32.1 Å². The number of phenolic OH excluding ortho intramolecular Hbond substituents is 1. The molecule has 3 aromatic rings. The first-order valence-electron chi connectivity index (χ1n) is 11.3. The number of hydrogen-bond donors (Lipinski definition) is 3. The van der Waals surface area contributed by atoms with Gasteiger partial charge in [-0.25, -0.2) is 8.42 Å². The summed E-state index contributed by atoms with van der Waals surface area (Å²) in [5.74, 6) is -0.133. The Balaban J connectivity index is 1.51. The number of fused-ring (bicyclic) bond motifs is 3. The van der Waals surface area contributed by atoms with Crippen LogP contribution in [0.3, 0.4) is 0 Å². The van der Waals surface area contributed by atoms with Crippen LogP contribution in [0.2, 0.25) is 0 Å². The molecule has 3 unspecified atom stereocenters. The lowest BCUT2D eigenvalue weighted by Crippen LogP contribution is -2.29. The fraction of sp³-hybridized carbons (Fsp3) is 0.231. The number of nitro groups is 1. The van der Waals surface area contributed by atoms with Gasteiger partial charge in [0.15, 0.2) is 0 Å². The van der Waals surface area contributed by atoms with Gasteiger partial charge in [-0.1, -0.05) is 18.2 Å². The lowest BCUT2D eigenvalue weighted by atomic mass is 9.77. The molecule has 0 saturated heterocycles. The highest BCUT2D eigenvalue weighted by Gasteiger charge is 2.40. The molecule has 2 aliphatic rings. The minimum Gasteiger partial charge on any atom is -0.508 e. The van der Waals surface area contributed by atoms with Gasteiger partial charge in [-0.2, -0.15) is 0 Å². The summed E-state index contributed by atoms with van der Waals surface area (Å²) < 4.78 is 29.1. The van der Waals surface area contributed by atoms with Crippen molar-refractivity contribution in [2.75, 3.05) is 10.0 Å². The second kappa shape index (κ2) is 8.42. The largest absolute Gasteiger partial charge is 0.508 e. The van der Waals surface area contributed by atoms with E-state index in [0.29, 0.717) is 17.7 Å². The maximum absolute atomic E-state index is 13.2. The quantitative estimate of drug-likeness (QED) is 0.245. The lowest BCUT2D eigenvalue weighted by Gasteiger charge is -2.37. The van der Waals surface area contributed by atoms with Crippen LogP contribution in [0, 0.1) is 29.9 Å². The Bertz CT molecular complexity index is 1460. The fourth-order valence-corrected chi connectivity index (χ4v) is 6.28. The number of rotatable bonds is 5. The van der Waals surface area contributed by atoms with Crippen LogP contribution in [-0.4, -0.2) is 18.4 Å². The molecule has 0 amide bonds. The third kappa shape index (κ3) is 4.23. The zero-order valence-corrected chi connectivity index (χ0v) is 20.0. The van der Waals surface area contributed by atoms with Gasteiger partial charge in [-0.15, -0.1) is 0 Å². The van der Waals surface area contributed by atoms with Gasteiger partial charge in [0.25, 0.3) is 15.7 Å². The molecule has 9 heteroatoms. The van der Waals surface area contributed by atoms with Crippen LogP contribution in [0.4, 0.5) is 17.1 Å². The Labute approximate surface area is 203 Å². The first-order chi connectivity index (χ1) is 16.6. The molecule has 8 nitrogen and oxygen atoms in total. The highest BCUT2D eigenvalue weighted by molar-refractivity contribution is 7.92. The summed E-state index contributed by atoms with van der Waals surface area (Å²) in [6.07, 6.45) is 4.77. The number of non-ortho nitro benzene ring substituents is 1. The number of nitrogens with zero attached hydrogens (tertiary/aromatic N) is 1. The van der Waals surface area contributed by atoms with Gasteiger partial charge in [0, 0.05) is 35.0 Å². The fourth-order valence-electron chi connectivity index (χ4n) is 5.20. The van der Waals surface area contributed by atoms with Crippen LogP contribution in [0.25, 0.3) is 0 Å². The molecule has 3 N–H and O–H groups in total. The van der Waals surface area contributed by atoms with Gasteiger partial charge < -0.3 is 10.4 Å². The predicted octanol–water partition coefficient (Wildman–Crippen LogP) is 5.54. The average Bonchev–Trinajstić information content (AvgIpc) is 3.28. The highest BCUT2D eigenvalue weighted by atomic mass is 32.2. The van der Waals surface area contributed by atoms with E-state index in [4.69, 9.17) is 0 Å². The number of nitro benzene ring substituents is 1. The minimum atomic E-state index is -3.81. The summed E-state index contributed by atoms with van der Waals surface area (Å²) >= 11 is 0. The van der Waals surface area contributed by atoms with Crippen LogP contribution >= 0.6 is 0 Å². The van der Waals surface area contributed by atoms with Crippen molar-refractivity contribution in [1.29, 1.82) is 0 Å². The van der Waals surface area contributed by atoms with E-state index < -0.39 is 14.9 Å². The van der Waals surface area contributed by atoms with Gasteiger partial charge >= 0.3 is 0 Å². The maximum atomic E-state index is 13.2. The van der Waals surface area contributed by atoms with Crippen molar-refractivity contribution in [3.05, 3.63) is 99.1 Å². The van der Waals surface area contributed by atoms with Crippen molar-refractivity contribution in [3.63, 3.8) is 0 Å². The van der Waals surface area contributed by atoms with Gasteiger partial charge in [0.2, 0.25) is 0 Å². The smallest absolute Gasteiger partial charge is 0.270 e. The Morgan fingerprint density at radius 3 is 2.49 bits per heavy atom. The lowest BCUT2D eigenvalue weighted by molar-refractivity contribution is -0.385. The standard InChI is InChI=1S/C26H25N3O5S/c1-15-10-16(2)12-17(11-15)28-35(33,34)19-7-8-24-22(14-19)20-4-3-5-21(20)26(27-24)23-13-18(29(31)32)6-9-25(23)30/h3-4,6-14,20-21,26-28,30H,5H2,1-2H3. The van der Waals surface area contributed by atoms with E-state index in [-0.39, 0.29) is 34.2 Å². The third-order valence-electron chi connectivity index (χ3n) is 6.68. The Kier molecular flexibility index (Phi) is 5.52. The second-order valence-corrected chi connectivity index (χ2v) is 10.9. The molecule has 0 radical (unpaired) electrons. The van der Waals surface area contributed by atoms with Crippen molar-refractivity contribution in [2.45, 2.75) is 37.1 Å². The first kappa shape index (κ1) is 22.9. The third-order valence-corrected chi connectivity index (χ3v) is 8.05. The zero-order valence-electron chi connectivity index (χ0n) is 19.2. The molecule has 1 aliphatic carbocycles. The maximum Gasteiger partial charge on any atom is 0.270 e. The summed E-state index contributed by atoms with van der Waals surface area (Å²) in [6, 6.07) is 14.2. The van der Waals surface area contributed by atoms with E-state index in [1.165, 1.54) is 18.2 Å². The highest BCUT2D eigenvalue weighted by Crippen LogP contribution is 2.51. The average molecular weight is 492 g/mol. The molecule has 35 heavy (non-hydrogen) atoms. The van der Waals surface area contributed by atoms with Crippen molar-refractivity contribution in [1.82, 2.24) is 0 Å². The molecule has 180 valence electrons. The Morgan fingerprint density at radius 1 is 1.03 bits per heavy atom.